The molecule has 106 valence electrons. The van der Waals surface area contributed by atoms with Crippen LogP contribution in [0.2, 0.25) is 5.02 Å². The molecule has 0 amide bonds. The number of halogens is 3. The first-order valence-electron chi connectivity index (χ1n) is 6.46. The summed E-state index contributed by atoms with van der Waals surface area (Å²) in [5, 5.41) is 4.09. The predicted molar refractivity (Wildman–Crippen MR) is 85.8 cm³/mol. The quantitative estimate of drug-likeness (QED) is 0.789. The Morgan fingerprint density at radius 1 is 1.20 bits per heavy atom. The zero-order valence-electron chi connectivity index (χ0n) is 11.4. The van der Waals surface area contributed by atoms with Gasteiger partial charge in [-0.3, -0.25) is 0 Å². The van der Waals surface area contributed by atoms with Crippen LogP contribution in [0, 0.1) is 12.7 Å². The second-order valence-electron chi connectivity index (χ2n) is 4.70. The Kier molecular flexibility index (Phi) is 5.19. The van der Waals surface area contributed by atoms with Gasteiger partial charge in [-0.1, -0.05) is 46.6 Å². The van der Waals surface area contributed by atoms with Crippen molar-refractivity contribution in [2.45, 2.75) is 19.9 Å². The van der Waals surface area contributed by atoms with E-state index in [1.165, 1.54) is 6.07 Å². The Morgan fingerprint density at radius 3 is 2.55 bits per heavy atom. The van der Waals surface area contributed by atoms with Gasteiger partial charge in [0, 0.05) is 9.50 Å². The maximum atomic E-state index is 13.4. The van der Waals surface area contributed by atoms with Crippen LogP contribution in [0.25, 0.3) is 0 Å². The molecular weight excluding hydrogens is 341 g/mol. The summed E-state index contributed by atoms with van der Waals surface area (Å²) >= 11 is 9.58. The van der Waals surface area contributed by atoms with Gasteiger partial charge in [0.15, 0.2) is 0 Å². The highest BCUT2D eigenvalue weighted by Crippen LogP contribution is 2.28. The van der Waals surface area contributed by atoms with E-state index in [0.717, 1.165) is 22.1 Å². The second kappa shape index (κ2) is 6.70. The van der Waals surface area contributed by atoms with Crippen LogP contribution in [-0.4, -0.2) is 6.54 Å². The van der Waals surface area contributed by atoms with E-state index in [-0.39, 0.29) is 11.9 Å². The molecule has 1 N–H and O–H groups in total. The van der Waals surface area contributed by atoms with E-state index in [4.69, 9.17) is 11.6 Å². The highest BCUT2D eigenvalue weighted by Gasteiger charge is 2.15. The first kappa shape index (κ1) is 15.5. The molecule has 0 spiro atoms. The van der Waals surface area contributed by atoms with E-state index in [2.05, 4.69) is 21.2 Å². The normalized spacial score (nSPS) is 12.4. The highest BCUT2D eigenvalue weighted by atomic mass is 79.9. The van der Waals surface area contributed by atoms with Crippen molar-refractivity contribution in [2.75, 3.05) is 6.54 Å². The van der Waals surface area contributed by atoms with E-state index in [9.17, 15) is 4.39 Å². The molecule has 1 unspecified atom stereocenters. The van der Waals surface area contributed by atoms with E-state index in [1.54, 1.807) is 6.92 Å². The molecule has 2 rings (SSSR count). The van der Waals surface area contributed by atoms with Gasteiger partial charge in [-0.15, -0.1) is 0 Å². The Balaban J connectivity index is 2.46. The smallest absolute Gasteiger partial charge is 0.126 e. The first-order chi connectivity index (χ1) is 9.51. The maximum Gasteiger partial charge on any atom is 0.126 e. The molecule has 0 saturated heterocycles. The molecule has 20 heavy (non-hydrogen) atoms. The van der Waals surface area contributed by atoms with Crippen molar-refractivity contribution >= 4 is 27.5 Å². The van der Waals surface area contributed by atoms with Gasteiger partial charge < -0.3 is 5.32 Å². The number of hydrogen-bond acceptors (Lipinski definition) is 1. The summed E-state index contributed by atoms with van der Waals surface area (Å²) in [4.78, 5) is 0. The van der Waals surface area contributed by atoms with E-state index < -0.39 is 0 Å². The van der Waals surface area contributed by atoms with Gasteiger partial charge in [-0.05, 0) is 54.4 Å². The molecule has 1 atom stereocenters. The molecular formula is C16H16BrClFN. The summed E-state index contributed by atoms with van der Waals surface area (Å²) in [5.74, 6) is -0.184. The monoisotopic (exact) mass is 355 g/mol. The molecule has 0 aliphatic heterocycles. The fourth-order valence-electron chi connectivity index (χ4n) is 2.22. The van der Waals surface area contributed by atoms with E-state index in [1.807, 2.05) is 37.3 Å². The van der Waals surface area contributed by atoms with Crippen molar-refractivity contribution in [1.82, 2.24) is 5.32 Å². The average Bonchev–Trinajstić information content (AvgIpc) is 2.38. The zero-order valence-corrected chi connectivity index (χ0v) is 13.7. The lowest BCUT2D eigenvalue weighted by molar-refractivity contribution is 0.606. The van der Waals surface area contributed by atoms with Gasteiger partial charge in [0.2, 0.25) is 0 Å². The Morgan fingerprint density at radius 2 is 1.95 bits per heavy atom. The minimum absolute atomic E-state index is 0.00528. The lowest BCUT2D eigenvalue weighted by atomic mass is 9.97. The molecule has 0 heterocycles. The van der Waals surface area contributed by atoms with Gasteiger partial charge in [0.25, 0.3) is 0 Å². The van der Waals surface area contributed by atoms with Crippen molar-refractivity contribution < 1.29 is 4.39 Å². The van der Waals surface area contributed by atoms with Crippen LogP contribution in [-0.2, 0) is 0 Å². The van der Waals surface area contributed by atoms with Crippen LogP contribution in [0.4, 0.5) is 4.39 Å². The molecule has 0 aliphatic carbocycles. The summed E-state index contributed by atoms with van der Waals surface area (Å²) in [6.45, 7) is 4.63. The predicted octanol–water partition coefficient (Wildman–Crippen LogP) is 5.25. The molecule has 0 saturated carbocycles. The third kappa shape index (κ3) is 3.60. The number of hydrogen-bond donors (Lipinski definition) is 1. The molecule has 2 aromatic carbocycles. The molecule has 0 radical (unpaired) electrons. The summed E-state index contributed by atoms with van der Waals surface area (Å²) in [6, 6.07) is 11.0. The van der Waals surface area contributed by atoms with Crippen molar-refractivity contribution in [2.24, 2.45) is 0 Å². The summed E-state index contributed by atoms with van der Waals surface area (Å²) in [5.41, 5.74) is 2.73. The summed E-state index contributed by atoms with van der Waals surface area (Å²) < 4.78 is 14.4. The molecule has 2 aromatic rings. The highest BCUT2D eigenvalue weighted by molar-refractivity contribution is 9.10. The molecule has 0 aliphatic rings. The van der Waals surface area contributed by atoms with Crippen LogP contribution >= 0.6 is 27.5 Å². The lowest BCUT2D eigenvalue weighted by Crippen LogP contribution is -2.22. The van der Waals surface area contributed by atoms with Gasteiger partial charge in [-0.2, -0.15) is 0 Å². The Bertz CT molecular complexity index is 595. The minimum atomic E-state index is -0.184. The topological polar surface area (TPSA) is 12.0 Å². The lowest BCUT2D eigenvalue weighted by Gasteiger charge is -2.20. The van der Waals surface area contributed by atoms with Gasteiger partial charge in [0.1, 0.15) is 5.82 Å². The number of benzene rings is 2. The summed E-state index contributed by atoms with van der Waals surface area (Å²) in [6.07, 6.45) is 0. The molecule has 0 aromatic heterocycles. The fraction of sp³-hybridized carbons (Fsp3) is 0.250. The first-order valence-corrected chi connectivity index (χ1v) is 7.63. The van der Waals surface area contributed by atoms with Crippen molar-refractivity contribution in [3.8, 4) is 0 Å². The Hall–Kier alpha value is -0.900. The van der Waals surface area contributed by atoms with Gasteiger partial charge in [0.05, 0.1) is 6.04 Å². The molecule has 1 nitrogen and oxygen atoms in total. The largest absolute Gasteiger partial charge is 0.307 e. The maximum absolute atomic E-state index is 13.4. The summed E-state index contributed by atoms with van der Waals surface area (Å²) in [7, 11) is 0. The molecule has 0 bridgehead atoms. The van der Waals surface area contributed by atoms with Gasteiger partial charge >= 0.3 is 0 Å². The van der Waals surface area contributed by atoms with Crippen LogP contribution in [0.5, 0.6) is 0 Å². The van der Waals surface area contributed by atoms with Crippen LogP contribution in [0.3, 0.4) is 0 Å². The van der Waals surface area contributed by atoms with Crippen LogP contribution in [0.15, 0.2) is 40.9 Å². The number of nitrogens with one attached hydrogen (secondary N) is 1. The molecule has 4 heteroatoms. The third-order valence-electron chi connectivity index (χ3n) is 3.14. The van der Waals surface area contributed by atoms with Crippen molar-refractivity contribution in [1.29, 1.82) is 0 Å². The van der Waals surface area contributed by atoms with Crippen molar-refractivity contribution in [3.63, 3.8) is 0 Å². The third-order valence-corrected chi connectivity index (χ3v) is 3.82. The Labute approximate surface area is 132 Å². The average molecular weight is 357 g/mol. The van der Waals surface area contributed by atoms with Crippen LogP contribution < -0.4 is 5.32 Å². The number of aryl methyl sites for hydroxylation is 1. The van der Waals surface area contributed by atoms with Gasteiger partial charge in [-0.25, -0.2) is 4.39 Å². The number of rotatable bonds is 4. The van der Waals surface area contributed by atoms with E-state index >= 15 is 0 Å². The minimum Gasteiger partial charge on any atom is -0.307 e. The van der Waals surface area contributed by atoms with E-state index in [0.29, 0.717) is 10.6 Å². The van der Waals surface area contributed by atoms with Crippen molar-refractivity contribution in [3.05, 3.63) is 68.4 Å². The second-order valence-corrected chi connectivity index (χ2v) is 6.05. The molecule has 0 fully saturated rings. The SMILES string of the molecule is CCNC(c1cc(Cl)cc(Br)c1)c1ccc(F)c(C)c1. The fourth-order valence-corrected chi connectivity index (χ4v) is 3.11. The standard InChI is InChI=1S/C16H16BrClFN/c1-3-20-16(11-4-5-15(19)10(2)6-11)12-7-13(17)9-14(18)8-12/h4-9,16,20H,3H2,1-2H3. The van der Waals surface area contributed by atoms with Crippen LogP contribution in [0.1, 0.15) is 29.7 Å². The zero-order chi connectivity index (χ0) is 14.7.